The minimum absolute atomic E-state index is 0.0993. The summed E-state index contributed by atoms with van der Waals surface area (Å²) in [6, 6.07) is 7.81. The van der Waals surface area contributed by atoms with Crippen LogP contribution in [-0.4, -0.2) is 78.7 Å². The smallest absolute Gasteiger partial charge is 0.407 e. The molecule has 4 rings (SSSR count). The van der Waals surface area contributed by atoms with E-state index in [1.54, 1.807) is 34.3 Å². The summed E-state index contributed by atoms with van der Waals surface area (Å²) in [6.07, 6.45) is 1.95. The fourth-order valence-electron chi connectivity index (χ4n) is 4.86. The number of nitrogens with one attached hydrogen (secondary N) is 1. The SMILES string of the molecule is CC(C(=S)N[C@H]1CCS[C@H]2CC(C)(C)[C@@H](C(=O)n3ccc4ccccc43)N2C1=O)N(C)C(=O)O. The Bertz CT molecular complexity index is 1150. The molecule has 1 aromatic carbocycles. The molecule has 2 saturated heterocycles. The number of hydrogen-bond donors (Lipinski definition) is 2. The second-order valence-electron chi connectivity index (χ2n) is 9.67. The standard InChI is InChI=1S/C24H30N4O4S2/c1-14(26(4)23(31)32)20(33)25-16-10-12-34-18-13-24(2,3)19(28(18)21(16)29)22(30)27-11-9-15-7-5-6-8-17(15)27/h5-9,11,14,16,18-19H,10,12-13H2,1-4H3,(H,25,33)(H,31,32)/t14?,16-,18-,19+/m0/s1. The van der Waals surface area contributed by atoms with Crippen LogP contribution in [0.15, 0.2) is 36.5 Å². The van der Waals surface area contributed by atoms with Crippen molar-refractivity contribution in [2.75, 3.05) is 12.8 Å². The lowest BCUT2D eigenvalue weighted by atomic mass is 9.84. The Hall–Kier alpha value is -2.59. The summed E-state index contributed by atoms with van der Waals surface area (Å²) in [5.74, 6) is 0.451. The van der Waals surface area contributed by atoms with Gasteiger partial charge in [0.25, 0.3) is 5.91 Å². The fourth-order valence-corrected chi connectivity index (χ4v) is 6.74. The molecule has 2 N–H and O–H groups in total. The second-order valence-corrected chi connectivity index (χ2v) is 11.4. The molecule has 0 spiro atoms. The van der Waals surface area contributed by atoms with Gasteiger partial charge in [0.15, 0.2) is 0 Å². The number of nitrogens with zero attached hydrogens (tertiary/aromatic N) is 3. The van der Waals surface area contributed by atoms with Crippen molar-refractivity contribution >= 4 is 57.8 Å². The van der Waals surface area contributed by atoms with Gasteiger partial charge in [-0.1, -0.05) is 44.3 Å². The number of likely N-dealkylation sites (N-methyl/N-ethyl adjacent to an activating group) is 1. The molecule has 34 heavy (non-hydrogen) atoms. The number of thiocarbonyl (C=S) groups is 1. The Morgan fingerprint density at radius 3 is 2.71 bits per heavy atom. The van der Waals surface area contributed by atoms with E-state index in [0.29, 0.717) is 17.8 Å². The first-order valence-electron chi connectivity index (χ1n) is 11.3. The highest BCUT2D eigenvalue weighted by atomic mass is 32.2. The molecule has 3 heterocycles. The van der Waals surface area contributed by atoms with Crippen LogP contribution in [0.25, 0.3) is 10.9 Å². The normalized spacial score (nSPS) is 24.9. The van der Waals surface area contributed by atoms with Crippen LogP contribution < -0.4 is 5.32 Å². The van der Waals surface area contributed by atoms with Crippen LogP contribution in [0.3, 0.4) is 0 Å². The monoisotopic (exact) mass is 502 g/mol. The molecule has 0 aliphatic carbocycles. The molecule has 0 saturated carbocycles. The highest BCUT2D eigenvalue weighted by Crippen LogP contribution is 2.47. The summed E-state index contributed by atoms with van der Waals surface area (Å²) >= 11 is 7.14. The summed E-state index contributed by atoms with van der Waals surface area (Å²) in [7, 11) is 1.45. The molecule has 2 aliphatic rings. The van der Waals surface area contributed by atoms with E-state index in [2.05, 4.69) is 5.32 Å². The van der Waals surface area contributed by atoms with Crippen molar-refractivity contribution in [1.82, 2.24) is 19.7 Å². The number of rotatable bonds is 4. The average molecular weight is 503 g/mol. The van der Waals surface area contributed by atoms with Crippen LogP contribution >= 0.6 is 24.0 Å². The molecule has 2 aromatic rings. The van der Waals surface area contributed by atoms with Gasteiger partial charge in [-0.15, -0.1) is 11.8 Å². The zero-order chi connectivity index (χ0) is 24.8. The van der Waals surface area contributed by atoms with Gasteiger partial charge in [0.2, 0.25) is 5.91 Å². The zero-order valence-electron chi connectivity index (χ0n) is 19.7. The van der Waals surface area contributed by atoms with Crippen molar-refractivity contribution in [3.63, 3.8) is 0 Å². The third-order valence-corrected chi connectivity index (χ3v) is 8.66. The molecule has 0 radical (unpaired) electrons. The number of thioether (sulfide) groups is 1. The number of fused-ring (bicyclic) bond motifs is 2. The first-order chi connectivity index (χ1) is 16.0. The van der Waals surface area contributed by atoms with Gasteiger partial charge in [0.05, 0.1) is 21.9 Å². The maximum atomic E-state index is 13.9. The molecule has 1 unspecified atom stereocenters. The Labute approximate surface area is 208 Å². The number of amides is 2. The number of aromatic nitrogens is 1. The van der Waals surface area contributed by atoms with Crippen molar-refractivity contribution < 1.29 is 19.5 Å². The Balaban J connectivity index is 1.63. The highest BCUT2D eigenvalue weighted by Gasteiger charge is 2.54. The van der Waals surface area contributed by atoms with Gasteiger partial charge in [-0.25, -0.2) is 4.79 Å². The topological polar surface area (TPSA) is 94.9 Å². The van der Waals surface area contributed by atoms with Crippen LogP contribution in [0.5, 0.6) is 0 Å². The number of carbonyl (C=O) groups is 3. The predicted octanol–water partition coefficient (Wildman–Crippen LogP) is 3.66. The van der Waals surface area contributed by atoms with Crippen molar-refractivity contribution in [3.05, 3.63) is 36.5 Å². The van der Waals surface area contributed by atoms with Crippen LogP contribution in [0.2, 0.25) is 0 Å². The molecule has 2 aliphatic heterocycles. The molecule has 1 aromatic heterocycles. The van der Waals surface area contributed by atoms with Crippen LogP contribution in [0, 0.1) is 5.41 Å². The molecule has 0 bridgehead atoms. The number of benzene rings is 1. The Morgan fingerprint density at radius 2 is 2.00 bits per heavy atom. The first kappa shape index (κ1) is 24.5. The summed E-state index contributed by atoms with van der Waals surface area (Å²) in [4.78, 5) is 42.2. The number of hydrogen-bond acceptors (Lipinski definition) is 5. The molecule has 2 amide bonds. The number of carboxylic acid groups (broad SMARTS) is 1. The van der Waals surface area contributed by atoms with E-state index in [9.17, 15) is 19.5 Å². The summed E-state index contributed by atoms with van der Waals surface area (Å²) < 4.78 is 1.66. The van der Waals surface area contributed by atoms with E-state index in [0.717, 1.165) is 21.6 Å². The van der Waals surface area contributed by atoms with E-state index in [1.165, 1.54) is 7.05 Å². The van der Waals surface area contributed by atoms with E-state index < -0.39 is 29.6 Å². The lowest BCUT2D eigenvalue weighted by Gasteiger charge is -2.34. The number of carbonyl (C=O) groups excluding carboxylic acids is 2. The summed E-state index contributed by atoms with van der Waals surface area (Å²) in [6.45, 7) is 5.77. The Kier molecular flexibility index (Phi) is 6.65. The second kappa shape index (κ2) is 9.22. The van der Waals surface area contributed by atoms with Gasteiger partial charge in [-0.05, 0) is 43.1 Å². The molecule has 2 fully saturated rings. The molecule has 8 nitrogen and oxygen atoms in total. The predicted molar refractivity (Wildman–Crippen MR) is 137 cm³/mol. The largest absolute Gasteiger partial charge is 0.465 e. The van der Waals surface area contributed by atoms with Crippen LogP contribution in [0.1, 0.15) is 38.4 Å². The minimum atomic E-state index is -1.09. The van der Waals surface area contributed by atoms with Gasteiger partial charge in [-0.3, -0.25) is 14.2 Å². The van der Waals surface area contributed by atoms with Gasteiger partial charge >= 0.3 is 6.09 Å². The van der Waals surface area contributed by atoms with Crippen molar-refractivity contribution in [3.8, 4) is 0 Å². The fraction of sp³-hybridized carbons (Fsp3) is 0.500. The summed E-state index contributed by atoms with van der Waals surface area (Å²) in [5, 5.41) is 13.3. The summed E-state index contributed by atoms with van der Waals surface area (Å²) in [5.41, 5.74) is 0.415. The molecule has 10 heteroatoms. The Morgan fingerprint density at radius 1 is 1.29 bits per heavy atom. The molecular weight excluding hydrogens is 472 g/mol. The maximum absolute atomic E-state index is 13.9. The van der Waals surface area contributed by atoms with E-state index in [4.69, 9.17) is 12.2 Å². The van der Waals surface area contributed by atoms with Gasteiger partial charge < -0.3 is 20.2 Å². The van der Waals surface area contributed by atoms with Crippen molar-refractivity contribution in [2.45, 2.75) is 57.1 Å². The molecular formula is C24H30N4O4S2. The first-order valence-corrected chi connectivity index (χ1v) is 12.8. The third kappa shape index (κ3) is 4.29. The van der Waals surface area contributed by atoms with Gasteiger partial charge in [0, 0.05) is 18.6 Å². The van der Waals surface area contributed by atoms with Crippen molar-refractivity contribution in [2.24, 2.45) is 5.41 Å². The van der Waals surface area contributed by atoms with Gasteiger partial charge in [0.1, 0.15) is 12.1 Å². The lowest BCUT2D eigenvalue weighted by Crippen LogP contribution is -2.56. The zero-order valence-corrected chi connectivity index (χ0v) is 21.4. The van der Waals surface area contributed by atoms with Crippen LogP contribution in [-0.2, 0) is 4.79 Å². The molecule has 4 atom stereocenters. The van der Waals surface area contributed by atoms with Crippen molar-refractivity contribution in [1.29, 1.82) is 0 Å². The molecule has 182 valence electrons. The van der Waals surface area contributed by atoms with E-state index >= 15 is 0 Å². The lowest BCUT2D eigenvalue weighted by molar-refractivity contribution is -0.134. The van der Waals surface area contributed by atoms with E-state index in [1.807, 2.05) is 44.2 Å². The number of para-hydroxylation sites is 1. The minimum Gasteiger partial charge on any atom is -0.465 e. The van der Waals surface area contributed by atoms with E-state index in [-0.39, 0.29) is 17.2 Å². The van der Waals surface area contributed by atoms with Gasteiger partial charge in [-0.2, -0.15) is 0 Å². The average Bonchev–Trinajstić information content (AvgIpc) is 3.30. The van der Waals surface area contributed by atoms with Crippen LogP contribution in [0.4, 0.5) is 4.79 Å². The maximum Gasteiger partial charge on any atom is 0.407 e. The third-order valence-electron chi connectivity index (χ3n) is 6.95. The highest BCUT2D eigenvalue weighted by molar-refractivity contribution is 7.99. The quantitative estimate of drug-likeness (QED) is 0.616.